The summed E-state index contributed by atoms with van der Waals surface area (Å²) in [5.74, 6) is 2.11. The van der Waals surface area contributed by atoms with Gasteiger partial charge in [0.1, 0.15) is 3.23 Å². The van der Waals surface area contributed by atoms with Crippen LogP contribution >= 0.6 is 47.8 Å². The zero-order valence-electron chi connectivity index (χ0n) is 11.7. The average molecular weight is 485 g/mol. The molecule has 0 aliphatic heterocycles. The maximum absolute atomic E-state index is 9.64. The summed E-state index contributed by atoms with van der Waals surface area (Å²) in [5, 5.41) is 19.1. The number of halogens is 3. The second-order valence-electron chi connectivity index (χ2n) is 6.50. The Labute approximate surface area is 151 Å². The highest BCUT2D eigenvalue weighted by Gasteiger charge is 2.57. The summed E-state index contributed by atoms with van der Waals surface area (Å²) in [6.07, 6.45) is 13.1. The predicted molar refractivity (Wildman–Crippen MR) is 96.0 cm³/mol. The van der Waals surface area contributed by atoms with Crippen molar-refractivity contribution in [3.05, 3.63) is 24.3 Å². The number of allylic oxidation sites excluding steroid dienone is 4. The van der Waals surface area contributed by atoms with Gasteiger partial charge in [-0.25, -0.2) is 0 Å². The van der Waals surface area contributed by atoms with Gasteiger partial charge in [0, 0.05) is 10.7 Å². The van der Waals surface area contributed by atoms with Gasteiger partial charge in [0.25, 0.3) is 0 Å². The molecule has 118 valence electrons. The zero-order valence-corrected chi connectivity index (χ0v) is 16.5. The summed E-state index contributed by atoms with van der Waals surface area (Å²) < 4.78 is -0.235. The topological polar surface area (TPSA) is 40.5 Å². The fourth-order valence-electron chi connectivity index (χ4n) is 3.92. The van der Waals surface area contributed by atoms with Crippen LogP contribution in [0, 0.1) is 23.7 Å². The Hall–Kier alpha value is 0.840. The van der Waals surface area contributed by atoms with E-state index in [-0.39, 0.29) is 15.4 Å². The van der Waals surface area contributed by atoms with E-state index in [0.717, 1.165) is 19.3 Å². The first-order chi connectivity index (χ1) is 9.94. The van der Waals surface area contributed by atoms with Crippen LogP contribution in [0.25, 0.3) is 0 Å². The van der Waals surface area contributed by atoms with Crippen LogP contribution in [0.1, 0.15) is 25.7 Å². The fourth-order valence-corrected chi connectivity index (χ4v) is 6.55. The van der Waals surface area contributed by atoms with Gasteiger partial charge in [-0.1, -0.05) is 72.1 Å². The number of rotatable bonds is 0. The molecule has 1 unspecified atom stereocenters. The number of hydrogen-bond donors (Lipinski definition) is 2. The predicted octanol–water partition coefficient (Wildman–Crippen LogP) is 4.14. The molecular weight excluding hydrogens is 464 g/mol. The van der Waals surface area contributed by atoms with Crippen LogP contribution in [-0.2, 0) is 0 Å². The molecule has 0 saturated heterocycles. The number of hydrogen-bond acceptors (Lipinski definition) is 2. The lowest BCUT2D eigenvalue weighted by atomic mass is 9.66. The Balaban J connectivity index is 0.000000126. The van der Waals surface area contributed by atoms with Crippen LogP contribution in [0.2, 0.25) is 0 Å². The van der Waals surface area contributed by atoms with Crippen molar-refractivity contribution in [2.45, 2.75) is 46.0 Å². The van der Waals surface area contributed by atoms with Crippen molar-refractivity contribution in [2.75, 3.05) is 0 Å². The van der Waals surface area contributed by atoms with E-state index in [2.05, 4.69) is 72.1 Å². The van der Waals surface area contributed by atoms with Gasteiger partial charge >= 0.3 is 0 Å². The normalized spacial score (nSPS) is 48.9. The third kappa shape index (κ3) is 2.86. The highest BCUT2D eigenvalue weighted by Crippen LogP contribution is 2.58. The SMILES string of the molecule is O[C@@H]1[C@@H]2CCC=C[C@@H]2C1(Br)Br.O[C@H]1C(Br)[C@H]2C=CCC[C@H]21. The van der Waals surface area contributed by atoms with Crippen molar-refractivity contribution in [3.63, 3.8) is 0 Å². The van der Waals surface area contributed by atoms with E-state index in [1.165, 1.54) is 6.42 Å². The standard InChI is InChI=1S/C8H10Br2O.C8H11BrO/c9-8(10)6-4-2-1-3-5(6)7(8)11;9-7-5-3-1-2-4-6(5)8(7)10/h2,4-7,11H,1,3H2;1,3,5-8,10H,2,4H2/t5-,6+,7-;5-,6+,7?,8+/m10/s1. The van der Waals surface area contributed by atoms with Gasteiger partial charge in [-0.15, -0.1) is 0 Å². The lowest BCUT2D eigenvalue weighted by molar-refractivity contribution is -0.0197. The van der Waals surface area contributed by atoms with Crippen molar-refractivity contribution < 1.29 is 10.2 Å². The molecule has 0 aromatic heterocycles. The van der Waals surface area contributed by atoms with E-state index in [4.69, 9.17) is 0 Å². The highest BCUT2D eigenvalue weighted by molar-refractivity contribution is 9.25. The lowest BCUT2D eigenvalue weighted by Crippen LogP contribution is -2.58. The Bertz CT molecular complexity index is 449. The van der Waals surface area contributed by atoms with Crippen molar-refractivity contribution in [2.24, 2.45) is 23.7 Å². The van der Waals surface area contributed by atoms with Gasteiger partial charge in [-0.3, -0.25) is 0 Å². The Morgan fingerprint density at radius 3 is 2.19 bits per heavy atom. The monoisotopic (exact) mass is 482 g/mol. The third-order valence-corrected chi connectivity index (χ3v) is 8.52. The van der Waals surface area contributed by atoms with E-state index in [0.29, 0.717) is 28.5 Å². The Morgan fingerprint density at radius 1 is 0.952 bits per heavy atom. The van der Waals surface area contributed by atoms with Crippen LogP contribution in [0.5, 0.6) is 0 Å². The summed E-state index contributed by atoms with van der Waals surface area (Å²) in [5.41, 5.74) is 0. The van der Waals surface area contributed by atoms with Crippen LogP contribution in [-0.4, -0.2) is 30.5 Å². The summed E-state index contributed by atoms with van der Waals surface area (Å²) in [4.78, 5) is 0.328. The zero-order chi connectivity index (χ0) is 15.2. The Morgan fingerprint density at radius 2 is 1.57 bits per heavy atom. The highest BCUT2D eigenvalue weighted by atomic mass is 79.9. The molecule has 2 fully saturated rings. The molecule has 4 aliphatic rings. The van der Waals surface area contributed by atoms with Crippen molar-refractivity contribution in [1.29, 1.82) is 0 Å². The van der Waals surface area contributed by atoms with E-state index in [1.54, 1.807) is 0 Å². The maximum atomic E-state index is 9.64. The van der Waals surface area contributed by atoms with Gasteiger partial charge in [0.05, 0.1) is 12.2 Å². The molecule has 4 rings (SSSR count). The number of fused-ring (bicyclic) bond motifs is 2. The quantitative estimate of drug-likeness (QED) is 0.401. The fraction of sp³-hybridized carbons (Fsp3) is 0.750. The van der Waals surface area contributed by atoms with Gasteiger partial charge in [0.15, 0.2) is 0 Å². The number of alkyl halides is 3. The summed E-state index contributed by atoms with van der Waals surface area (Å²) in [7, 11) is 0. The molecule has 2 nitrogen and oxygen atoms in total. The molecule has 7 atom stereocenters. The lowest BCUT2D eigenvalue weighted by Gasteiger charge is -2.53. The first-order valence-corrected chi connectivity index (χ1v) is 10.2. The minimum Gasteiger partial charge on any atom is -0.392 e. The van der Waals surface area contributed by atoms with Gasteiger partial charge < -0.3 is 10.2 Å². The molecular formula is C16H21Br3O2. The smallest absolute Gasteiger partial charge is 0.113 e. The van der Waals surface area contributed by atoms with E-state index < -0.39 is 0 Å². The molecule has 2 N–H and O–H groups in total. The van der Waals surface area contributed by atoms with Crippen molar-refractivity contribution in [1.82, 2.24) is 0 Å². The minimum atomic E-state index is -0.235. The summed E-state index contributed by atoms with van der Waals surface area (Å²) >= 11 is 10.4. The Kier molecular flexibility index (Phi) is 5.08. The maximum Gasteiger partial charge on any atom is 0.113 e. The number of aliphatic hydroxyl groups is 2. The summed E-state index contributed by atoms with van der Waals surface area (Å²) in [6, 6.07) is 0. The molecule has 0 amide bonds. The van der Waals surface area contributed by atoms with Crippen LogP contribution in [0.3, 0.4) is 0 Å². The van der Waals surface area contributed by atoms with Crippen LogP contribution in [0.4, 0.5) is 0 Å². The number of aliphatic hydroxyl groups excluding tert-OH is 2. The average Bonchev–Trinajstić information content (AvgIpc) is 2.54. The first kappa shape index (κ1) is 16.7. The molecule has 0 aromatic carbocycles. The van der Waals surface area contributed by atoms with Crippen LogP contribution < -0.4 is 0 Å². The molecule has 4 aliphatic carbocycles. The molecule has 0 aromatic rings. The molecule has 2 saturated carbocycles. The van der Waals surface area contributed by atoms with E-state index >= 15 is 0 Å². The van der Waals surface area contributed by atoms with Gasteiger partial charge in [-0.05, 0) is 43.4 Å². The third-order valence-electron chi connectivity index (χ3n) is 5.37. The second kappa shape index (κ2) is 6.39. The van der Waals surface area contributed by atoms with E-state index in [1.807, 2.05) is 0 Å². The first-order valence-electron chi connectivity index (χ1n) is 7.66. The molecule has 0 heterocycles. The molecule has 0 radical (unpaired) electrons. The molecule has 0 bridgehead atoms. The van der Waals surface area contributed by atoms with E-state index in [9.17, 15) is 10.2 Å². The van der Waals surface area contributed by atoms with Crippen LogP contribution in [0.15, 0.2) is 24.3 Å². The largest absolute Gasteiger partial charge is 0.392 e. The summed E-state index contributed by atoms with van der Waals surface area (Å²) in [6.45, 7) is 0. The van der Waals surface area contributed by atoms with Crippen molar-refractivity contribution >= 4 is 47.8 Å². The molecule has 21 heavy (non-hydrogen) atoms. The molecule has 0 spiro atoms. The van der Waals surface area contributed by atoms with Crippen molar-refractivity contribution in [3.8, 4) is 0 Å². The van der Waals surface area contributed by atoms with Gasteiger partial charge in [-0.2, -0.15) is 0 Å². The second-order valence-corrected chi connectivity index (χ2v) is 11.2. The molecule has 5 heteroatoms. The minimum absolute atomic E-state index is 0.0880. The van der Waals surface area contributed by atoms with Gasteiger partial charge in [0.2, 0.25) is 0 Å².